The first-order chi connectivity index (χ1) is 9.35. The minimum atomic E-state index is 0.910. The lowest BCUT2D eigenvalue weighted by Gasteiger charge is -2.08. The van der Waals surface area contributed by atoms with E-state index in [2.05, 4.69) is 53.7 Å². The van der Waals surface area contributed by atoms with Crippen molar-refractivity contribution in [2.24, 2.45) is 0 Å². The van der Waals surface area contributed by atoms with Gasteiger partial charge in [-0.1, -0.05) is 37.3 Å². The highest BCUT2D eigenvalue weighted by molar-refractivity contribution is 5.59. The van der Waals surface area contributed by atoms with Crippen molar-refractivity contribution < 1.29 is 0 Å². The fraction of sp³-hybridized carbons (Fsp3) is 0.467. The van der Waals surface area contributed by atoms with E-state index in [0.29, 0.717) is 0 Å². The molecule has 102 valence electrons. The van der Waals surface area contributed by atoms with E-state index in [0.717, 1.165) is 38.2 Å². The minimum absolute atomic E-state index is 0.910. The molecule has 0 atom stereocenters. The topological polar surface area (TPSA) is 42.7 Å². The van der Waals surface area contributed by atoms with Gasteiger partial charge in [-0.25, -0.2) is 4.68 Å². The average molecular weight is 258 g/mol. The third-order valence-electron chi connectivity index (χ3n) is 3.03. The molecule has 0 radical (unpaired) electrons. The van der Waals surface area contributed by atoms with E-state index in [1.165, 1.54) is 11.1 Å². The fourth-order valence-corrected chi connectivity index (χ4v) is 2.11. The normalized spacial score (nSPS) is 10.8. The molecule has 0 unspecified atom stereocenters. The van der Waals surface area contributed by atoms with Crippen molar-refractivity contribution >= 4 is 0 Å². The standard InChI is InChI=1S/C15H22N4/c1-3-8-16-11-13-6-5-7-14(10-13)15-12-17-18-19(15)9-4-2/h5-7,10,12,16H,3-4,8-9,11H2,1-2H3. The van der Waals surface area contributed by atoms with Crippen LogP contribution in [0.2, 0.25) is 0 Å². The van der Waals surface area contributed by atoms with Crippen LogP contribution in [-0.2, 0) is 13.1 Å². The Morgan fingerprint density at radius 1 is 1.21 bits per heavy atom. The molecule has 2 rings (SSSR count). The SMILES string of the molecule is CCCNCc1cccc(-c2cnnn2CCC)c1. The molecule has 1 aromatic heterocycles. The Balaban J connectivity index is 2.15. The Kier molecular flexibility index (Phi) is 5.10. The van der Waals surface area contributed by atoms with E-state index in [1.54, 1.807) is 0 Å². The summed E-state index contributed by atoms with van der Waals surface area (Å²) in [4.78, 5) is 0. The Hall–Kier alpha value is -1.68. The zero-order valence-electron chi connectivity index (χ0n) is 11.8. The molecule has 2 aromatic rings. The van der Waals surface area contributed by atoms with Crippen LogP contribution in [0.15, 0.2) is 30.5 Å². The number of aryl methyl sites for hydroxylation is 1. The number of nitrogens with zero attached hydrogens (tertiary/aromatic N) is 3. The summed E-state index contributed by atoms with van der Waals surface area (Å²) in [6.07, 6.45) is 4.06. The van der Waals surface area contributed by atoms with Gasteiger partial charge in [-0.2, -0.15) is 0 Å². The molecule has 0 aliphatic carbocycles. The first-order valence-corrected chi connectivity index (χ1v) is 7.03. The molecular formula is C15H22N4. The van der Waals surface area contributed by atoms with E-state index >= 15 is 0 Å². The van der Waals surface area contributed by atoms with Crippen molar-refractivity contribution in [1.82, 2.24) is 20.3 Å². The monoisotopic (exact) mass is 258 g/mol. The van der Waals surface area contributed by atoms with Gasteiger partial charge in [-0.05, 0) is 31.0 Å². The van der Waals surface area contributed by atoms with Gasteiger partial charge in [0, 0.05) is 18.7 Å². The van der Waals surface area contributed by atoms with Gasteiger partial charge in [-0.15, -0.1) is 5.10 Å². The van der Waals surface area contributed by atoms with Crippen LogP contribution in [-0.4, -0.2) is 21.5 Å². The summed E-state index contributed by atoms with van der Waals surface area (Å²) in [5, 5.41) is 11.6. The molecule has 0 amide bonds. The summed E-state index contributed by atoms with van der Waals surface area (Å²) in [7, 11) is 0. The molecule has 0 aliphatic heterocycles. The number of hydrogen-bond acceptors (Lipinski definition) is 3. The predicted molar refractivity (Wildman–Crippen MR) is 77.7 cm³/mol. The van der Waals surface area contributed by atoms with Gasteiger partial charge in [0.1, 0.15) is 0 Å². The van der Waals surface area contributed by atoms with Crippen molar-refractivity contribution in [3.05, 3.63) is 36.0 Å². The van der Waals surface area contributed by atoms with Crippen molar-refractivity contribution in [3.8, 4) is 11.3 Å². The zero-order valence-corrected chi connectivity index (χ0v) is 11.8. The number of aromatic nitrogens is 3. The van der Waals surface area contributed by atoms with E-state index in [1.807, 2.05) is 10.9 Å². The number of hydrogen-bond donors (Lipinski definition) is 1. The lowest BCUT2D eigenvalue weighted by Crippen LogP contribution is -2.13. The molecule has 4 nitrogen and oxygen atoms in total. The van der Waals surface area contributed by atoms with Crippen molar-refractivity contribution in [1.29, 1.82) is 0 Å². The number of nitrogens with one attached hydrogen (secondary N) is 1. The second-order valence-electron chi connectivity index (χ2n) is 4.72. The molecule has 0 spiro atoms. The molecule has 4 heteroatoms. The lowest BCUT2D eigenvalue weighted by atomic mass is 10.1. The van der Waals surface area contributed by atoms with Gasteiger partial charge in [0.15, 0.2) is 0 Å². The van der Waals surface area contributed by atoms with Crippen LogP contribution >= 0.6 is 0 Å². The van der Waals surface area contributed by atoms with Crippen molar-refractivity contribution in [2.75, 3.05) is 6.54 Å². The highest BCUT2D eigenvalue weighted by atomic mass is 15.4. The van der Waals surface area contributed by atoms with E-state index in [9.17, 15) is 0 Å². The summed E-state index contributed by atoms with van der Waals surface area (Å²) in [5.74, 6) is 0. The van der Waals surface area contributed by atoms with E-state index < -0.39 is 0 Å². The predicted octanol–water partition coefficient (Wildman–Crippen LogP) is 2.85. The largest absolute Gasteiger partial charge is 0.313 e. The quantitative estimate of drug-likeness (QED) is 0.777. The fourth-order valence-electron chi connectivity index (χ4n) is 2.11. The molecule has 0 fully saturated rings. The molecule has 1 aromatic carbocycles. The van der Waals surface area contributed by atoms with E-state index in [4.69, 9.17) is 0 Å². The van der Waals surface area contributed by atoms with Crippen LogP contribution in [0.3, 0.4) is 0 Å². The van der Waals surface area contributed by atoms with Gasteiger partial charge < -0.3 is 5.32 Å². The first kappa shape index (κ1) is 13.7. The summed E-state index contributed by atoms with van der Waals surface area (Å²) in [6, 6.07) is 8.59. The first-order valence-electron chi connectivity index (χ1n) is 7.03. The molecule has 0 aliphatic rings. The maximum absolute atomic E-state index is 4.14. The second kappa shape index (κ2) is 7.04. The van der Waals surface area contributed by atoms with E-state index in [-0.39, 0.29) is 0 Å². The Morgan fingerprint density at radius 2 is 2.11 bits per heavy atom. The Bertz CT molecular complexity index is 504. The molecule has 1 N–H and O–H groups in total. The summed E-state index contributed by atoms with van der Waals surface area (Å²) < 4.78 is 1.97. The van der Waals surface area contributed by atoms with Crippen LogP contribution in [0.4, 0.5) is 0 Å². The van der Waals surface area contributed by atoms with Gasteiger partial charge >= 0.3 is 0 Å². The van der Waals surface area contributed by atoms with Crippen LogP contribution in [0.5, 0.6) is 0 Å². The average Bonchev–Trinajstić information content (AvgIpc) is 2.88. The maximum Gasteiger partial charge on any atom is 0.0885 e. The van der Waals surface area contributed by atoms with Crippen LogP contribution in [0.25, 0.3) is 11.3 Å². The number of rotatable bonds is 7. The minimum Gasteiger partial charge on any atom is -0.313 e. The summed E-state index contributed by atoms with van der Waals surface area (Å²) >= 11 is 0. The smallest absolute Gasteiger partial charge is 0.0885 e. The third kappa shape index (κ3) is 3.64. The molecule has 0 bridgehead atoms. The zero-order chi connectivity index (χ0) is 13.5. The van der Waals surface area contributed by atoms with Gasteiger partial charge in [-0.3, -0.25) is 0 Å². The summed E-state index contributed by atoms with van der Waals surface area (Å²) in [6.45, 7) is 7.21. The highest BCUT2D eigenvalue weighted by Crippen LogP contribution is 2.19. The van der Waals surface area contributed by atoms with Crippen molar-refractivity contribution in [3.63, 3.8) is 0 Å². The number of benzene rings is 1. The lowest BCUT2D eigenvalue weighted by molar-refractivity contribution is 0.584. The van der Waals surface area contributed by atoms with Crippen molar-refractivity contribution in [2.45, 2.75) is 39.8 Å². The van der Waals surface area contributed by atoms with Crippen LogP contribution in [0, 0.1) is 0 Å². The Labute approximate surface area is 114 Å². The summed E-state index contributed by atoms with van der Waals surface area (Å²) in [5.41, 5.74) is 3.59. The molecule has 0 saturated heterocycles. The molecule has 1 heterocycles. The van der Waals surface area contributed by atoms with Crippen LogP contribution < -0.4 is 5.32 Å². The molecule has 19 heavy (non-hydrogen) atoms. The maximum atomic E-state index is 4.14. The van der Waals surface area contributed by atoms with Gasteiger partial charge in [0.05, 0.1) is 11.9 Å². The van der Waals surface area contributed by atoms with Gasteiger partial charge in [0.2, 0.25) is 0 Å². The van der Waals surface area contributed by atoms with Crippen LogP contribution in [0.1, 0.15) is 32.3 Å². The Morgan fingerprint density at radius 3 is 2.89 bits per heavy atom. The molecule has 0 saturated carbocycles. The highest BCUT2D eigenvalue weighted by Gasteiger charge is 2.06. The third-order valence-corrected chi connectivity index (χ3v) is 3.03. The second-order valence-corrected chi connectivity index (χ2v) is 4.72. The van der Waals surface area contributed by atoms with Gasteiger partial charge in [0.25, 0.3) is 0 Å². The molecular weight excluding hydrogens is 236 g/mol.